The van der Waals surface area contributed by atoms with E-state index < -0.39 is 0 Å². The van der Waals surface area contributed by atoms with Crippen LogP contribution in [-0.4, -0.2) is 31.0 Å². The van der Waals surface area contributed by atoms with Crippen molar-refractivity contribution >= 4 is 0 Å². The van der Waals surface area contributed by atoms with Gasteiger partial charge in [0, 0.05) is 12.5 Å². The van der Waals surface area contributed by atoms with Gasteiger partial charge in [-0.15, -0.1) is 0 Å². The van der Waals surface area contributed by atoms with E-state index in [9.17, 15) is 0 Å². The van der Waals surface area contributed by atoms with Gasteiger partial charge in [0.15, 0.2) is 11.5 Å². The van der Waals surface area contributed by atoms with Crippen molar-refractivity contribution in [3.05, 3.63) is 23.8 Å². The minimum atomic E-state index is -0.218. The first kappa shape index (κ1) is 11.2. The topological polar surface area (TPSA) is 64.7 Å². The van der Waals surface area contributed by atoms with Gasteiger partial charge in [0.25, 0.3) is 0 Å². The summed E-state index contributed by atoms with van der Waals surface area (Å²) in [6, 6.07) is 5.59. The van der Waals surface area contributed by atoms with Gasteiger partial charge in [0.2, 0.25) is 0 Å². The molecule has 1 aromatic carbocycles. The molecule has 1 aliphatic heterocycles. The van der Waals surface area contributed by atoms with Gasteiger partial charge in [-0.25, -0.2) is 0 Å². The third kappa shape index (κ3) is 2.65. The predicted octanol–water partition coefficient (Wildman–Crippen LogP) is 0.710. The molecule has 1 atom stereocenters. The summed E-state index contributed by atoms with van der Waals surface area (Å²) >= 11 is 0. The molecule has 2 rings (SSSR count). The second kappa shape index (κ2) is 5.18. The average molecular weight is 223 g/mol. The quantitative estimate of drug-likeness (QED) is 0.792. The summed E-state index contributed by atoms with van der Waals surface area (Å²) in [5.41, 5.74) is 6.75. The van der Waals surface area contributed by atoms with E-state index in [2.05, 4.69) is 0 Å². The van der Waals surface area contributed by atoms with Gasteiger partial charge in [0.05, 0.1) is 19.8 Å². The molecule has 0 aromatic heterocycles. The fourth-order valence-electron chi connectivity index (χ4n) is 1.70. The molecular formula is C12H17NO3. The lowest BCUT2D eigenvalue weighted by atomic mass is 10.1. The summed E-state index contributed by atoms with van der Waals surface area (Å²) < 4.78 is 11.1. The van der Waals surface area contributed by atoms with Crippen LogP contribution in [0.3, 0.4) is 0 Å². The number of rotatable bonds is 3. The molecule has 0 saturated heterocycles. The maximum absolute atomic E-state index is 8.90. The van der Waals surface area contributed by atoms with Crippen LogP contribution < -0.4 is 15.2 Å². The normalized spacial score (nSPS) is 16.6. The van der Waals surface area contributed by atoms with Gasteiger partial charge in [-0.1, -0.05) is 6.07 Å². The molecule has 0 spiro atoms. The highest BCUT2D eigenvalue weighted by Crippen LogP contribution is 2.30. The second-order valence-corrected chi connectivity index (χ2v) is 3.98. The Morgan fingerprint density at radius 3 is 2.75 bits per heavy atom. The minimum absolute atomic E-state index is 0.00551. The average Bonchev–Trinajstić information content (AvgIpc) is 2.53. The molecule has 0 bridgehead atoms. The molecule has 1 aliphatic rings. The molecular weight excluding hydrogens is 206 g/mol. The first-order chi connectivity index (χ1) is 7.79. The monoisotopic (exact) mass is 223 g/mol. The maximum Gasteiger partial charge on any atom is 0.161 e. The summed E-state index contributed by atoms with van der Waals surface area (Å²) in [6.07, 6.45) is 1.55. The molecule has 0 fully saturated rings. The highest BCUT2D eigenvalue weighted by Gasteiger charge is 2.11. The molecule has 0 amide bonds. The number of fused-ring (bicyclic) bond motifs is 1. The fourth-order valence-corrected chi connectivity index (χ4v) is 1.70. The number of aliphatic hydroxyl groups excluding tert-OH is 1. The van der Waals surface area contributed by atoms with Gasteiger partial charge in [-0.05, 0) is 24.1 Å². The van der Waals surface area contributed by atoms with E-state index in [1.165, 1.54) is 0 Å². The number of benzene rings is 1. The van der Waals surface area contributed by atoms with Gasteiger partial charge in [-0.2, -0.15) is 0 Å². The van der Waals surface area contributed by atoms with Crippen LogP contribution in [0.4, 0.5) is 0 Å². The Hall–Kier alpha value is -1.26. The Kier molecular flexibility index (Phi) is 3.64. The number of hydrogen-bond donors (Lipinski definition) is 2. The molecule has 0 saturated carbocycles. The number of aliphatic hydroxyl groups is 1. The summed E-state index contributed by atoms with van der Waals surface area (Å²) in [7, 11) is 0. The minimum Gasteiger partial charge on any atom is -0.490 e. The van der Waals surface area contributed by atoms with Crippen molar-refractivity contribution in [2.45, 2.75) is 18.9 Å². The zero-order chi connectivity index (χ0) is 11.4. The SMILES string of the molecule is NC(CO)Cc1ccc2c(c1)OCCCO2. The first-order valence-corrected chi connectivity index (χ1v) is 5.54. The Morgan fingerprint density at radius 1 is 1.25 bits per heavy atom. The second-order valence-electron chi connectivity index (χ2n) is 3.98. The third-order valence-corrected chi connectivity index (χ3v) is 2.54. The molecule has 0 aliphatic carbocycles. The Bertz CT molecular complexity index is 354. The zero-order valence-corrected chi connectivity index (χ0v) is 9.19. The summed E-state index contributed by atoms with van der Waals surface area (Å²) in [6.45, 7) is 1.37. The van der Waals surface area contributed by atoms with Crippen LogP contribution in [0.15, 0.2) is 18.2 Å². The number of ether oxygens (including phenoxy) is 2. The van der Waals surface area contributed by atoms with Crippen molar-refractivity contribution in [3.63, 3.8) is 0 Å². The van der Waals surface area contributed by atoms with Gasteiger partial charge >= 0.3 is 0 Å². The number of nitrogens with two attached hydrogens (primary N) is 1. The number of hydrogen-bond acceptors (Lipinski definition) is 4. The van der Waals surface area contributed by atoms with E-state index in [1.54, 1.807) is 0 Å². The van der Waals surface area contributed by atoms with E-state index in [1.807, 2.05) is 18.2 Å². The molecule has 16 heavy (non-hydrogen) atoms. The van der Waals surface area contributed by atoms with Gasteiger partial charge in [0.1, 0.15) is 0 Å². The maximum atomic E-state index is 8.90. The molecule has 1 aromatic rings. The van der Waals surface area contributed by atoms with Crippen molar-refractivity contribution in [1.29, 1.82) is 0 Å². The van der Waals surface area contributed by atoms with E-state index in [0.717, 1.165) is 23.5 Å². The molecule has 0 radical (unpaired) electrons. The van der Waals surface area contributed by atoms with Crippen LogP contribution in [0.2, 0.25) is 0 Å². The van der Waals surface area contributed by atoms with E-state index in [0.29, 0.717) is 19.6 Å². The summed E-state index contributed by atoms with van der Waals surface area (Å²) in [4.78, 5) is 0. The van der Waals surface area contributed by atoms with Crippen molar-refractivity contribution in [2.24, 2.45) is 5.73 Å². The highest BCUT2D eigenvalue weighted by atomic mass is 16.5. The zero-order valence-electron chi connectivity index (χ0n) is 9.19. The lowest BCUT2D eigenvalue weighted by molar-refractivity contribution is 0.265. The largest absolute Gasteiger partial charge is 0.490 e. The van der Waals surface area contributed by atoms with Gasteiger partial charge < -0.3 is 20.3 Å². The van der Waals surface area contributed by atoms with Crippen LogP contribution >= 0.6 is 0 Å². The Labute approximate surface area is 95.0 Å². The summed E-state index contributed by atoms with van der Waals surface area (Å²) in [5, 5.41) is 8.90. The first-order valence-electron chi connectivity index (χ1n) is 5.54. The standard InChI is InChI=1S/C12H17NO3/c13-10(8-14)6-9-2-3-11-12(7-9)16-5-1-4-15-11/h2-3,7,10,14H,1,4-6,8,13H2. The molecule has 3 N–H and O–H groups in total. The van der Waals surface area contributed by atoms with Crippen molar-refractivity contribution < 1.29 is 14.6 Å². The van der Waals surface area contributed by atoms with Crippen molar-refractivity contribution in [3.8, 4) is 11.5 Å². The predicted molar refractivity (Wildman–Crippen MR) is 60.8 cm³/mol. The lowest BCUT2D eigenvalue weighted by Gasteiger charge is -2.11. The molecule has 88 valence electrons. The highest BCUT2D eigenvalue weighted by molar-refractivity contribution is 5.43. The van der Waals surface area contributed by atoms with Crippen LogP contribution in [0.25, 0.3) is 0 Å². The van der Waals surface area contributed by atoms with Crippen molar-refractivity contribution in [2.75, 3.05) is 19.8 Å². The Morgan fingerprint density at radius 2 is 2.00 bits per heavy atom. The lowest BCUT2D eigenvalue weighted by Crippen LogP contribution is -2.26. The van der Waals surface area contributed by atoms with Crippen LogP contribution in [0, 0.1) is 0 Å². The molecule has 1 heterocycles. The van der Waals surface area contributed by atoms with E-state index in [4.69, 9.17) is 20.3 Å². The third-order valence-electron chi connectivity index (χ3n) is 2.54. The van der Waals surface area contributed by atoms with Crippen LogP contribution in [0.5, 0.6) is 11.5 Å². The molecule has 1 unspecified atom stereocenters. The van der Waals surface area contributed by atoms with E-state index in [-0.39, 0.29) is 12.6 Å². The van der Waals surface area contributed by atoms with Gasteiger partial charge in [-0.3, -0.25) is 0 Å². The van der Waals surface area contributed by atoms with E-state index >= 15 is 0 Å². The molecule has 4 nitrogen and oxygen atoms in total. The smallest absolute Gasteiger partial charge is 0.161 e. The van der Waals surface area contributed by atoms with Crippen LogP contribution in [0.1, 0.15) is 12.0 Å². The molecule has 4 heteroatoms. The summed E-state index contributed by atoms with van der Waals surface area (Å²) in [5.74, 6) is 1.57. The van der Waals surface area contributed by atoms with Crippen LogP contribution in [-0.2, 0) is 6.42 Å². The Balaban J connectivity index is 2.14. The van der Waals surface area contributed by atoms with Crippen molar-refractivity contribution in [1.82, 2.24) is 0 Å². The fraction of sp³-hybridized carbons (Fsp3) is 0.500.